The normalized spacial score (nSPS) is 10.1. The molecule has 0 unspecified atom stereocenters. The van der Waals surface area contributed by atoms with E-state index in [-0.39, 0.29) is 4.99 Å². The van der Waals surface area contributed by atoms with Gasteiger partial charge in [0.2, 0.25) is 5.91 Å². The van der Waals surface area contributed by atoms with E-state index in [4.69, 9.17) is 35.3 Å². The topological polar surface area (TPSA) is 81.1 Å². The van der Waals surface area contributed by atoms with Gasteiger partial charge in [-0.05, 0) is 36.4 Å². The second-order valence-corrected chi connectivity index (χ2v) is 4.98. The first-order valence-corrected chi connectivity index (χ1v) is 6.52. The van der Waals surface area contributed by atoms with Gasteiger partial charge in [0.25, 0.3) is 0 Å². The van der Waals surface area contributed by atoms with Crippen LogP contribution < -0.4 is 16.8 Å². The molecule has 0 aliphatic heterocycles. The number of rotatable bonds is 4. The Balaban J connectivity index is 2.28. The summed E-state index contributed by atoms with van der Waals surface area (Å²) < 4.78 is 0. The van der Waals surface area contributed by atoms with Crippen LogP contribution in [0.15, 0.2) is 42.5 Å². The third-order valence-corrected chi connectivity index (χ3v) is 3.23. The maximum absolute atomic E-state index is 11.1. The van der Waals surface area contributed by atoms with E-state index in [0.717, 1.165) is 0 Å². The summed E-state index contributed by atoms with van der Waals surface area (Å²) in [5, 5.41) is 3.60. The lowest BCUT2D eigenvalue weighted by Crippen LogP contribution is -2.11. The Morgan fingerprint density at radius 1 is 1.10 bits per heavy atom. The van der Waals surface area contributed by atoms with Crippen molar-refractivity contribution in [2.24, 2.45) is 11.5 Å². The van der Waals surface area contributed by atoms with Gasteiger partial charge in [0.05, 0.1) is 10.7 Å². The van der Waals surface area contributed by atoms with E-state index in [9.17, 15) is 4.79 Å². The SMILES string of the molecule is NC(=O)c1cccc(Nc2ccc(C(N)=S)cc2Cl)c1. The number of carbonyl (C=O) groups is 1. The first-order valence-electron chi connectivity index (χ1n) is 5.73. The summed E-state index contributed by atoms with van der Waals surface area (Å²) in [7, 11) is 0. The molecule has 0 radical (unpaired) electrons. The summed E-state index contributed by atoms with van der Waals surface area (Å²) in [5.41, 5.74) is 13.3. The molecule has 20 heavy (non-hydrogen) atoms. The highest BCUT2D eigenvalue weighted by Gasteiger charge is 2.06. The molecule has 5 N–H and O–H groups in total. The van der Waals surface area contributed by atoms with Crippen molar-refractivity contribution in [3.63, 3.8) is 0 Å². The van der Waals surface area contributed by atoms with Crippen molar-refractivity contribution in [2.45, 2.75) is 0 Å². The van der Waals surface area contributed by atoms with Crippen LogP contribution in [0.2, 0.25) is 5.02 Å². The minimum atomic E-state index is -0.483. The van der Waals surface area contributed by atoms with E-state index in [1.54, 1.807) is 36.4 Å². The lowest BCUT2D eigenvalue weighted by molar-refractivity contribution is 0.100. The molecule has 0 heterocycles. The van der Waals surface area contributed by atoms with Gasteiger partial charge in [-0.3, -0.25) is 4.79 Å². The van der Waals surface area contributed by atoms with Gasteiger partial charge in [0, 0.05) is 16.8 Å². The smallest absolute Gasteiger partial charge is 0.248 e. The number of thiocarbonyl (C=S) groups is 1. The summed E-state index contributed by atoms with van der Waals surface area (Å²) in [6, 6.07) is 12.1. The van der Waals surface area contributed by atoms with Crippen molar-refractivity contribution in [2.75, 3.05) is 5.32 Å². The van der Waals surface area contributed by atoms with Crippen LogP contribution in [0.25, 0.3) is 0 Å². The molecule has 0 fully saturated rings. The number of nitrogens with one attached hydrogen (secondary N) is 1. The summed E-state index contributed by atoms with van der Waals surface area (Å²) in [6.07, 6.45) is 0. The number of benzene rings is 2. The van der Waals surface area contributed by atoms with Crippen LogP contribution in [-0.2, 0) is 0 Å². The fraction of sp³-hybridized carbons (Fsp3) is 0. The van der Waals surface area contributed by atoms with E-state index in [0.29, 0.717) is 27.5 Å². The van der Waals surface area contributed by atoms with Gasteiger partial charge in [-0.25, -0.2) is 0 Å². The van der Waals surface area contributed by atoms with E-state index >= 15 is 0 Å². The number of nitrogens with two attached hydrogens (primary N) is 2. The third-order valence-electron chi connectivity index (χ3n) is 2.68. The van der Waals surface area contributed by atoms with Crippen molar-refractivity contribution < 1.29 is 4.79 Å². The van der Waals surface area contributed by atoms with Gasteiger partial charge in [-0.1, -0.05) is 29.9 Å². The van der Waals surface area contributed by atoms with Crippen molar-refractivity contribution in [1.82, 2.24) is 0 Å². The molecule has 0 saturated heterocycles. The standard InChI is InChI=1S/C14H12ClN3OS/c15-11-7-9(14(17)20)4-5-12(11)18-10-3-1-2-8(6-10)13(16)19/h1-7,18H,(H2,16,19)(H2,17,20). The zero-order valence-corrected chi connectivity index (χ0v) is 12.0. The van der Waals surface area contributed by atoms with Crippen molar-refractivity contribution in [3.8, 4) is 0 Å². The highest BCUT2D eigenvalue weighted by molar-refractivity contribution is 7.80. The number of anilines is 2. The predicted molar refractivity (Wildman–Crippen MR) is 85.6 cm³/mol. The van der Waals surface area contributed by atoms with Gasteiger partial charge in [-0.15, -0.1) is 0 Å². The molecule has 2 rings (SSSR count). The zero-order chi connectivity index (χ0) is 14.7. The Bertz CT molecular complexity index is 688. The summed E-state index contributed by atoms with van der Waals surface area (Å²) in [4.78, 5) is 11.4. The van der Waals surface area contributed by atoms with Crippen LogP contribution in [0.3, 0.4) is 0 Å². The summed E-state index contributed by atoms with van der Waals surface area (Å²) >= 11 is 11.0. The Hall–Kier alpha value is -2.11. The molecule has 0 aliphatic rings. The average molecular weight is 306 g/mol. The molecule has 2 aromatic rings. The second-order valence-electron chi connectivity index (χ2n) is 4.13. The summed E-state index contributed by atoms with van der Waals surface area (Å²) in [6.45, 7) is 0. The molecular formula is C14H12ClN3OS. The number of primary amides is 1. The van der Waals surface area contributed by atoms with E-state index in [1.807, 2.05) is 6.07 Å². The van der Waals surface area contributed by atoms with E-state index < -0.39 is 5.91 Å². The Kier molecular flexibility index (Phi) is 4.22. The van der Waals surface area contributed by atoms with Crippen LogP contribution >= 0.6 is 23.8 Å². The minimum absolute atomic E-state index is 0.286. The van der Waals surface area contributed by atoms with E-state index in [2.05, 4.69) is 5.32 Å². The number of halogens is 1. The molecule has 0 bridgehead atoms. The Labute approximate surface area is 126 Å². The van der Waals surface area contributed by atoms with Crippen molar-refractivity contribution in [1.29, 1.82) is 0 Å². The fourth-order valence-corrected chi connectivity index (χ4v) is 2.03. The van der Waals surface area contributed by atoms with Crippen LogP contribution in [0.4, 0.5) is 11.4 Å². The van der Waals surface area contributed by atoms with Gasteiger partial charge >= 0.3 is 0 Å². The summed E-state index contributed by atoms with van der Waals surface area (Å²) in [5.74, 6) is -0.483. The van der Waals surface area contributed by atoms with Gasteiger partial charge in [-0.2, -0.15) is 0 Å². The number of amides is 1. The molecular weight excluding hydrogens is 294 g/mol. The molecule has 1 amide bonds. The predicted octanol–water partition coefficient (Wildman–Crippen LogP) is 2.82. The lowest BCUT2D eigenvalue weighted by atomic mass is 10.1. The zero-order valence-electron chi connectivity index (χ0n) is 10.4. The number of carbonyl (C=O) groups excluding carboxylic acids is 1. The molecule has 6 heteroatoms. The van der Waals surface area contributed by atoms with Crippen LogP contribution in [-0.4, -0.2) is 10.9 Å². The molecule has 0 aliphatic carbocycles. The van der Waals surface area contributed by atoms with Crippen molar-refractivity contribution in [3.05, 3.63) is 58.6 Å². The van der Waals surface area contributed by atoms with Crippen LogP contribution in [0.1, 0.15) is 15.9 Å². The molecule has 0 atom stereocenters. The van der Waals surface area contributed by atoms with Gasteiger partial charge in [0.15, 0.2) is 0 Å². The quantitative estimate of drug-likeness (QED) is 0.759. The maximum atomic E-state index is 11.1. The fourth-order valence-electron chi connectivity index (χ4n) is 1.68. The lowest BCUT2D eigenvalue weighted by Gasteiger charge is -2.10. The molecule has 0 spiro atoms. The monoisotopic (exact) mass is 305 g/mol. The average Bonchev–Trinajstić information content (AvgIpc) is 2.41. The molecule has 102 valence electrons. The van der Waals surface area contributed by atoms with E-state index in [1.165, 1.54) is 0 Å². The Morgan fingerprint density at radius 2 is 1.85 bits per heavy atom. The highest BCUT2D eigenvalue weighted by atomic mass is 35.5. The number of hydrogen-bond donors (Lipinski definition) is 3. The first kappa shape index (κ1) is 14.3. The maximum Gasteiger partial charge on any atom is 0.248 e. The van der Waals surface area contributed by atoms with Gasteiger partial charge in [0.1, 0.15) is 4.99 Å². The Morgan fingerprint density at radius 3 is 2.45 bits per heavy atom. The second kappa shape index (κ2) is 5.90. The first-order chi connectivity index (χ1) is 9.47. The third kappa shape index (κ3) is 3.26. The van der Waals surface area contributed by atoms with Gasteiger partial charge < -0.3 is 16.8 Å². The van der Waals surface area contributed by atoms with Crippen LogP contribution in [0.5, 0.6) is 0 Å². The molecule has 4 nitrogen and oxygen atoms in total. The molecule has 0 aromatic heterocycles. The van der Waals surface area contributed by atoms with Crippen molar-refractivity contribution >= 4 is 46.1 Å². The number of hydrogen-bond acceptors (Lipinski definition) is 3. The molecule has 2 aromatic carbocycles. The largest absolute Gasteiger partial charge is 0.389 e. The highest BCUT2D eigenvalue weighted by Crippen LogP contribution is 2.26. The molecule has 0 saturated carbocycles. The van der Waals surface area contributed by atoms with Crippen LogP contribution in [0, 0.1) is 0 Å². The minimum Gasteiger partial charge on any atom is -0.389 e.